The summed E-state index contributed by atoms with van der Waals surface area (Å²) in [4.78, 5) is 28.3. The minimum Gasteiger partial charge on any atom is -0.481 e. The van der Waals surface area contributed by atoms with Crippen LogP contribution in [0.4, 0.5) is 5.82 Å². The molecule has 1 amide bonds. The molecule has 0 radical (unpaired) electrons. The van der Waals surface area contributed by atoms with Crippen molar-refractivity contribution in [3.63, 3.8) is 0 Å². The Morgan fingerprint density at radius 2 is 2.11 bits per heavy atom. The number of aliphatic hydroxyl groups excluding tert-OH is 1. The molecule has 3 aromatic heterocycles. The van der Waals surface area contributed by atoms with E-state index in [1.807, 2.05) is 18.2 Å². The molecule has 0 bridgehead atoms. The molecule has 0 aliphatic carbocycles. The van der Waals surface area contributed by atoms with Gasteiger partial charge in [-0.3, -0.25) is 9.78 Å². The molecule has 37 heavy (non-hydrogen) atoms. The molecule has 1 fully saturated rings. The van der Waals surface area contributed by atoms with Gasteiger partial charge in [0.2, 0.25) is 11.8 Å². The summed E-state index contributed by atoms with van der Waals surface area (Å²) in [6.45, 7) is 2.71. The number of ether oxygens (including phenoxy) is 1. The number of fused-ring (bicyclic) bond motifs is 2. The van der Waals surface area contributed by atoms with Crippen molar-refractivity contribution >= 4 is 70.9 Å². The number of carbonyl (C=O) groups is 1. The zero-order valence-corrected chi connectivity index (χ0v) is 23.4. The number of halogens is 3. The van der Waals surface area contributed by atoms with Gasteiger partial charge in [-0.05, 0) is 37.6 Å². The van der Waals surface area contributed by atoms with Crippen molar-refractivity contribution in [3.05, 3.63) is 46.7 Å². The Kier molecular flexibility index (Phi) is 10.6. The van der Waals surface area contributed by atoms with Crippen LogP contribution in [0.3, 0.4) is 0 Å². The van der Waals surface area contributed by atoms with E-state index in [1.165, 1.54) is 11.8 Å². The number of thioether (sulfide) groups is 1. The third kappa shape index (κ3) is 6.94. The second kappa shape index (κ2) is 13.2. The SMILES string of the molecule is COc1ccc2ncc(Cl)c(CCN3CC[C@@H](NCc4ccc5c(n4)NC(=O)CS5)[C@@H](O)C3)c2n1.Cl.Cl. The van der Waals surface area contributed by atoms with Crippen LogP contribution in [-0.4, -0.2) is 75.5 Å². The van der Waals surface area contributed by atoms with Gasteiger partial charge in [-0.25, -0.2) is 9.97 Å². The fraction of sp³-hybridized carbons (Fsp3) is 0.417. The molecule has 5 rings (SSSR count). The van der Waals surface area contributed by atoms with E-state index < -0.39 is 6.10 Å². The summed E-state index contributed by atoms with van der Waals surface area (Å²) in [6, 6.07) is 7.59. The number of likely N-dealkylation sites (tertiary alicyclic amines) is 1. The molecule has 1 saturated heterocycles. The molecular weight excluding hydrogens is 559 g/mol. The smallest absolute Gasteiger partial charge is 0.235 e. The highest BCUT2D eigenvalue weighted by Crippen LogP contribution is 2.30. The molecule has 200 valence electrons. The van der Waals surface area contributed by atoms with Gasteiger partial charge in [-0.2, -0.15) is 0 Å². The molecule has 0 spiro atoms. The van der Waals surface area contributed by atoms with Gasteiger partial charge in [0.05, 0.1) is 45.6 Å². The predicted octanol–water partition coefficient (Wildman–Crippen LogP) is 3.34. The minimum absolute atomic E-state index is 0. The van der Waals surface area contributed by atoms with Gasteiger partial charge in [-0.1, -0.05) is 11.6 Å². The maximum absolute atomic E-state index is 11.6. The van der Waals surface area contributed by atoms with Crippen molar-refractivity contribution in [3.8, 4) is 5.88 Å². The number of rotatable bonds is 7. The summed E-state index contributed by atoms with van der Waals surface area (Å²) < 4.78 is 5.27. The molecule has 0 unspecified atom stereocenters. The number of aromatic nitrogens is 3. The molecule has 3 N–H and O–H groups in total. The van der Waals surface area contributed by atoms with E-state index in [-0.39, 0.29) is 36.8 Å². The van der Waals surface area contributed by atoms with Crippen molar-refractivity contribution in [2.45, 2.75) is 36.4 Å². The van der Waals surface area contributed by atoms with Crippen LogP contribution in [0.15, 0.2) is 35.4 Å². The Bertz CT molecular complexity index is 1250. The fourth-order valence-electron chi connectivity index (χ4n) is 4.48. The minimum atomic E-state index is -0.500. The summed E-state index contributed by atoms with van der Waals surface area (Å²) in [7, 11) is 1.59. The number of aliphatic hydroxyl groups is 1. The molecule has 0 aromatic carbocycles. The van der Waals surface area contributed by atoms with Crippen LogP contribution < -0.4 is 15.4 Å². The Balaban J connectivity index is 0.00000190. The van der Waals surface area contributed by atoms with Crippen molar-refractivity contribution in [2.24, 2.45) is 0 Å². The number of hydrogen-bond acceptors (Lipinski definition) is 9. The number of pyridine rings is 3. The van der Waals surface area contributed by atoms with Gasteiger partial charge in [0, 0.05) is 43.5 Å². The lowest BCUT2D eigenvalue weighted by molar-refractivity contribution is -0.113. The van der Waals surface area contributed by atoms with E-state index in [1.54, 1.807) is 19.4 Å². The van der Waals surface area contributed by atoms with Crippen LogP contribution in [0.25, 0.3) is 11.0 Å². The molecule has 3 aromatic rings. The Hall–Kier alpha value is -1.92. The maximum atomic E-state index is 11.6. The Morgan fingerprint density at radius 3 is 2.89 bits per heavy atom. The fourth-order valence-corrected chi connectivity index (χ4v) is 5.46. The van der Waals surface area contributed by atoms with Gasteiger partial charge in [0.15, 0.2) is 0 Å². The summed E-state index contributed by atoms with van der Waals surface area (Å²) >= 11 is 7.96. The summed E-state index contributed by atoms with van der Waals surface area (Å²) in [6.07, 6.45) is 2.68. The van der Waals surface area contributed by atoms with Crippen LogP contribution in [-0.2, 0) is 17.8 Å². The van der Waals surface area contributed by atoms with Crippen LogP contribution in [0, 0.1) is 0 Å². The largest absolute Gasteiger partial charge is 0.481 e. The lowest BCUT2D eigenvalue weighted by Gasteiger charge is -2.36. The number of amides is 1. The van der Waals surface area contributed by atoms with Gasteiger partial charge in [-0.15, -0.1) is 36.6 Å². The van der Waals surface area contributed by atoms with Crippen LogP contribution in [0.1, 0.15) is 17.7 Å². The first kappa shape index (κ1) is 29.6. The zero-order chi connectivity index (χ0) is 24.4. The van der Waals surface area contributed by atoms with Crippen molar-refractivity contribution in [2.75, 3.05) is 37.8 Å². The monoisotopic (exact) mass is 586 g/mol. The summed E-state index contributed by atoms with van der Waals surface area (Å²) in [5.41, 5.74) is 3.31. The van der Waals surface area contributed by atoms with Gasteiger partial charge >= 0.3 is 0 Å². The van der Waals surface area contributed by atoms with Gasteiger partial charge in [0.1, 0.15) is 5.82 Å². The summed E-state index contributed by atoms with van der Waals surface area (Å²) in [5, 5.41) is 17.6. The Labute approximate surface area is 236 Å². The number of nitrogens with one attached hydrogen (secondary N) is 2. The third-order valence-electron chi connectivity index (χ3n) is 6.37. The molecule has 2 atom stereocenters. The number of piperidine rings is 1. The van der Waals surface area contributed by atoms with E-state index in [4.69, 9.17) is 16.3 Å². The highest BCUT2D eigenvalue weighted by molar-refractivity contribution is 8.00. The van der Waals surface area contributed by atoms with E-state index in [0.29, 0.717) is 42.0 Å². The van der Waals surface area contributed by atoms with E-state index in [2.05, 4.69) is 30.5 Å². The van der Waals surface area contributed by atoms with Crippen LogP contribution >= 0.6 is 48.2 Å². The van der Waals surface area contributed by atoms with Crippen LogP contribution in [0.2, 0.25) is 5.02 Å². The van der Waals surface area contributed by atoms with Gasteiger partial charge in [0.25, 0.3) is 0 Å². The highest BCUT2D eigenvalue weighted by atomic mass is 35.5. The van der Waals surface area contributed by atoms with Crippen LogP contribution in [0.5, 0.6) is 5.88 Å². The Morgan fingerprint density at radius 1 is 1.27 bits per heavy atom. The van der Waals surface area contributed by atoms with E-state index in [9.17, 15) is 9.90 Å². The first-order chi connectivity index (χ1) is 17.0. The zero-order valence-electron chi connectivity index (χ0n) is 20.1. The first-order valence-electron chi connectivity index (χ1n) is 11.5. The summed E-state index contributed by atoms with van der Waals surface area (Å²) in [5.74, 6) is 1.54. The molecule has 0 saturated carbocycles. The van der Waals surface area contributed by atoms with Crippen molar-refractivity contribution < 1.29 is 14.6 Å². The number of β-amino-alcohol motifs (C(OH)–C–C–N with tert-alkyl or cyclic N) is 1. The predicted molar refractivity (Wildman–Crippen MR) is 151 cm³/mol. The van der Waals surface area contributed by atoms with Gasteiger partial charge < -0.3 is 25.4 Å². The van der Waals surface area contributed by atoms with E-state index in [0.717, 1.165) is 46.7 Å². The molecule has 5 heterocycles. The van der Waals surface area contributed by atoms with Crippen molar-refractivity contribution in [1.29, 1.82) is 0 Å². The molecule has 9 nitrogen and oxygen atoms in total. The normalized spacial score (nSPS) is 19.4. The standard InChI is InChI=1S/C24H27ClN6O3S.2ClH/c1-34-22-5-3-18-23(30-22)15(16(25)11-27-18)6-8-31-9-7-17(19(32)12-31)26-10-14-2-4-20-24(28-14)29-21(33)13-35-20;;/h2-5,11,17,19,26,32H,6-10,12-13H2,1H3,(H,28,29,33);2*1H/t17-,19+;;/m1../s1. The molecular formula is C24H29Cl3N6O3S. The number of hydrogen-bond donors (Lipinski definition) is 3. The van der Waals surface area contributed by atoms with Crippen molar-refractivity contribution in [1.82, 2.24) is 25.2 Å². The maximum Gasteiger partial charge on any atom is 0.235 e. The number of methoxy groups -OCH3 is 1. The number of nitrogens with zero attached hydrogens (tertiary/aromatic N) is 4. The average Bonchev–Trinajstić information content (AvgIpc) is 2.87. The van der Waals surface area contributed by atoms with E-state index >= 15 is 0 Å². The second-order valence-corrected chi connectivity index (χ2v) is 10.1. The average molecular weight is 588 g/mol. The first-order valence-corrected chi connectivity index (χ1v) is 12.9. The molecule has 13 heteroatoms. The topological polar surface area (TPSA) is 112 Å². The lowest BCUT2D eigenvalue weighted by atomic mass is 10.0. The number of anilines is 1. The number of carbonyl (C=O) groups excluding carboxylic acids is 1. The second-order valence-electron chi connectivity index (χ2n) is 8.69. The highest BCUT2D eigenvalue weighted by Gasteiger charge is 2.27. The quantitative estimate of drug-likeness (QED) is 0.383. The molecule has 2 aliphatic rings. The third-order valence-corrected chi connectivity index (χ3v) is 7.74. The lowest BCUT2D eigenvalue weighted by Crippen LogP contribution is -2.52. The molecule has 2 aliphatic heterocycles.